The van der Waals surface area contributed by atoms with Crippen LogP contribution in [0.4, 0.5) is 0 Å². The number of hydrogen-bond acceptors (Lipinski definition) is 3. The highest BCUT2D eigenvalue weighted by Crippen LogP contribution is 2.38. The lowest BCUT2D eigenvalue weighted by molar-refractivity contribution is -0.138. The third kappa shape index (κ3) is 3.11. The molecule has 0 bridgehead atoms. The van der Waals surface area contributed by atoms with Crippen LogP contribution in [0.25, 0.3) is 11.0 Å². The fraction of sp³-hybridized carbons (Fsp3) is 0.556. The number of hydrogen-bond donors (Lipinski definition) is 1. The number of carbonyl (C=O) groups is 1. The van der Waals surface area contributed by atoms with Gasteiger partial charge in [0, 0.05) is 26.1 Å². The number of likely N-dealkylation sites (tertiary alicyclic amines) is 1. The highest BCUT2D eigenvalue weighted by atomic mass is 16.4. The van der Waals surface area contributed by atoms with Crippen LogP contribution in [0.3, 0.4) is 0 Å². The van der Waals surface area contributed by atoms with Crippen molar-refractivity contribution < 1.29 is 9.90 Å². The van der Waals surface area contributed by atoms with Crippen LogP contribution in [-0.4, -0.2) is 38.6 Å². The smallest absolute Gasteiger partial charge is 0.303 e. The molecule has 0 aliphatic carbocycles. The Morgan fingerprint density at radius 1 is 1.39 bits per heavy atom. The van der Waals surface area contributed by atoms with Gasteiger partial charge in [-0.1, -0.05) is 26.0 Å². The van der Waals surface area contributed by atoms with Gasteiger partial charge in [-0.05, 0) is 30.4 Å². The summed E-state index contributed by atoms with van der Waals surface area (Å²) in [6.45, 7) is 9.89. The Labute approximate surface area is 136 Å². The lowest BCUT2D eigenvalue weighted by atomic mass is 9.80. The molecular weight excluding hydrogens is 290 g/mol. The molecule has 23 heavy (non-hydrogen) atoms. The SMILES string of the molecule is CCn1c(CN2CC(CC(=O)O)C(C)(C)C2)nc2ccccc21. The molecule has 1 unspecified atom stereocenters. The predicted molar refractivity (Wildman–Crippen MR) is 90.2 cm³/mol. The summed E-state index contributed by atoms with van der Waals surface area (Å²) in [5.74, 6) is 0.561. The third-order valence-corrected chi connectivity index (χ3v) is 5.05. The first kappa shape index (κ1) is 16.0. The van der Waals surface area contributed by atoms with Crippen LogP contribution in [0.15, 0.2) is 24.3 Å². The summed E-state index contributed by atoms with van der Waals surface area (Å²) in [7, 11) is 0. The zero-order valence-corrected chi connectivity index (χ0v) is 14.1. The summed E-state index contributed by atoms with van der Waals surface area (Å²) in [6.07, 6.45) is 0.244. The van der Waals surface area contributed by atoms with Gasteiger partial charge in [0.1, 0.15) is 5.82 Å². The molecule has 2 heterocycles. The average Bonchev–Trinajstić information content (AvgIpc) is 2.95. The van der Waals surface area contributed by atoms with Crippen LogP contribution < -0.4 is 0 Å². The van der Waals surface area contributed by atoms with Gasteiger partial charge in [-0.3, -0.25) is 9.69 Å². The Hall–Kier alpha value is -1.88. The number of carboxylic acid groups (broad SMARTS) is 1. The van der Waals surface area contributed by atoms with Crippen molar-refractivity contribution in [1.82, 2.24) is 14.5 Å². The molecule has 0 radical (unpaired) electrons. The van der Waals surface area contributed by atoms with Crippen LogP contribution in [0, 0.1) is 11.3 Å². The Balaban J connectivity index is 1.81. The van der Waals surface area contributed by atoms with E-state index >= 15 is 0 Å². The van der Waals surface area contributed by atoms with Crippen molar-refractivity contribution in [3.8, 4) is 0 Å². The maximum atomic E-state index is 11.1. The monoisotopic (exact) mass is 315 g/mol. The Morgan fingerprint density at radius 3 is 2.83 bits per heavy atom. The maximum Gasteiger partial charge on any atom is 0.303 e. The van der Waals surface area contributed by atoms with Crippen molar-refractivity contribution in [3.05, 3.63) is 30.1 Å². The van der Waals surface area contributed by atoms with Crippen molar-refractivity contribution >= 4 is 17.0 Å². The third-order valence-electron chi connectivity index (χ3n) is 5.05. The molecular formula is C18H25N3O2. The summed E-state index contributed by atoms with van der Waals surface area (Å²) >= 11 is 0. The lowest BCUT2D eigenvalue weighted by Gasteiger charge is -2.24. The van der Waals surface area contributed by atoms with Crippen molar-refractivity contribution in [2.75, 3.05) is 13.1 Å². The van der Waals surface area contributed by atoms with Gasteiger partial charge in [0.25, 0.3) is 0 Å². The Kier molecular flexibility index (Phi) is 4.15. The molecule has 124 valence electrons. The fourth-order valence-electron chi connectivity index (χ4n) is 3.80. The number of aliphatic carboxylic acids is 1. The zero-order valence-electron chi connectivity index (χ0n) is 14.1. The first-order chi connectivity index (χ1) is 10.9. The van der Waals surface area contributed by atoms with Crippen molar-refractivity contribution in [1.29, 1.82) is 0 Å². The van der Waals surface area contributed by atoms with Gasteiger partial charge in [-0.15, -0.1) is 0 Å². The van der Waals surface area contributed by atoms with Crippen LogP contribution in [-0.2, 0) is 17.9 Å². The van der Waals surface area contributed by atoms with E-state index in [0.717, 1.165) is 37.5 Å². The number of carboxylic acids is 1. The first-order valence-electron chi connectivity index (χ1n) is 8.29. The number of para-hydroxylation sites is 2. The summed E-state index contributed by atoms with van der Waals surface area (Å²) in [5, 5.41) is 9.12. The van der Waals surface area contributed by atoms with Gasteiger partial charge in [-0.2, -0.15) is 0 Å². The molecule has 0 saturated carbocycles. The maximum absolute atomic E-state index is 11.1. The number of rotatable bonds is 5. The molecule has 5 nitrogen and oxygen atoms in total. The van der Waals surface area contributed by atoms with E-state index in [9.17, 15) is 4.79 Å². The summed E-state index contributed by atoms with van der Waals surface area (Å²) < 4.78 is 2.26. The van der Waals surface area contributed by atoms with Gasteiger partial charge in [0.05, 0.1) is 17.6 Å². The first-order valence-corrected chi connectivity index (χ1v) is 8.29. The molecule has 1 atom stereocenters. The minimum absolute atomic E-state index is 0.0292. The molecule has 1 aromatic heterocycles. The van der Waals surface area contributed by atoms with Gasteiger partial charge in [0.15, 0.2) is 0 Å². The lowest BCUT2D eigenvalue weighted by Crippen LogP contribution is -2.25. The molecule has 1 fully saturated rings. The van der Waals surface area contributed by atoms with Gasteiger partial charge in [-0.25, -0.2) is 4.98 Å². The molecule has 5 heteroatoms. The van der Waals surface area contributed by atoms with Gasteiger partial charge < -0.3 is 9.67 Å². The highest BCUT2D eigenvalue weighted by Gasteiger charge is 2.40. The van der Waals surface area contributed by atoms with Crippen molar-refractivity contribution in [2.45, 2.75) is 40.3 Å². The Morgan fingerprint density at radius 2 is 2.13 bits per heavy atom. The number of aryl methyl sites for hydroxylation is 1. The minimum Gasteiger partial charge on any atom is -0.481 e. The fourth-order valence-corrected chi connectivity index (χ4v) is 3.80. The largest absolute Gasteiger partial charge is 0.481 e. The number of imidazole rings is 1. The second-order valence-corrected chi connectivity index (χ2v) is 7.21. The number of benzene rings is 1. The molecule has 1 aliphatic rings. The topological polar surface area (TPSA) is 58.4 Å². The molecule has 0 spiro atoms. The molecule has 1 saturated heterocycles. The van der Waals surface area contributed by atoms with Crippen molar-refractivity contribution in [2.24, 2.45) is 11.3 Å². The molecule has 0 amide bonds. The normalized spacial score (nSPS) is 21.1. The number of nitrogens with zero attached hydrogens (tertiary/aromatic N) is 3. The summed E-state index contributed by atoms with van der Waals surface area (Å²) in [5.41, 5.74) is 2.23. The van der Waals surface area contributed by atoms with E-state index in [1.165, 1.54) is 5.52 Å². The quantitative estimate of drug-likeness (QED) is 0.921. The van der Waals surface area contributed by atoms with E-state index < -0.39 is 5.97 Å². The molecule has 1 aliphatic heterocycles. The molecule has 2 aromatic rings. The van der Waals surface area contributed by atoms with Crippen LogP contribution in [0.1, 0.15) is 33.0 Å². The van der Waals surface area contributed by atoms with Crippen LogP contribution in [0.2, 0.25) is 0 Å². The average molecular weight is 315 g/mol. The summed E-state index contributed by atoms with van der Waals surface area (Å²) in [6, 6.07) is 8.21. The van der Waals surface area contributed by atoms with Crippen LogP contribution in [0.5, 0.6) is 0 Å². The zero-order chi connectivity index (χ0) is 16.6. The minimum atomic E-state index is -0.703. The Bertz CT molecular complexity index is 720. The molecule has 3 rings (SSSR count). The second-order valence-electron chi connectivity index (χ2n) is 7.21. The van der Waals surface area contributed by atoms with Gasteiger partial charge >= 0.3 is 5.97 Å². The predicted octanol–water partition coefficient (Wildman–Crippen LogP) is 2.99. The highest BCUT2D eigenvalue weighted by molar-refractivity contribution is 5.75. The van der Waals surface area contributed by atoms with E-state index in [1.54, 1.807) is 0 Å². The van der Waals surface area contributed by atoms with E-state index in [4.69, 9.17) is 10.1 Å². The van der Waals surface area contributed by atoms with E-state index in [-0.39, 0.29) is 17.8 Å². The number of aromatic nitrogens is 2. The van der Waals surface area contributed by atoms with Gasteiger partial charge in [0.2, 0.25) is 0 Å². The molecule has 1 aromatic carbocycles. The number of fused-ring (bicyclic) bond motifs is 1. The van der Waals surface area contributed by atoms with E-state index in [0.29, 0.717) is 0 Å². The standard InChI is InChI=1S/C18H25N3O2/c1-4-21-15-8-6-5-7-14(15)19-16(21)11-20-10-13(9-17(22)23)18(2,3)12-20/h5-8,13H,4,9-12H2,1-3H3,(H,22,23). The van der Waals surface area contributed by atoms with E-state index in [2.05, 4.69) is 36.3 Å². The van der Waals surface area contributed by atoms with Crippen LogP contribution >= 0.6 is 0 Å². The second kappa shape index (κ2) is 5.96. The van der Waals surface area contributed by atoms with E-state index in [1.807, 2.05) is 18.2 Å². The molecule has 1 N–H and O–H groups in total. The summed E-state index contributed by atoms with van der Waals surface area (Å²) in [4.78, 5) is 18.2. The van der Waals surface area contributed by atoms with Crippen molar-refractivity contribution in [3.63, 3.8) is 0 Å².